The lowest BCUT2D eigenvalue weighted by molar-refractivity contribution is 0.0693. The molecule has 0 aromatic carbocycles. The molecular weight excluding hydrogens is 256 g/mol. The van der Waals surface area contributed by atoms with Crippen molar-refractivity contribution in [1.29, 1.82) is 0 Å². The Morgan fingerprint density at radius 1 is 1.45 bits per heavy atom. The zero-order valence-electron chi connectivity index (χ0n) is 11.2. The summed E-state index contributed by atoms with van der Waals surface area (Å²) in [6.45, 7) is 1.81. The smallest absolute Gasteiger partial charge is 0.356 e. The van der Waals surface area contributed by atoms with Gasteiger partial charge in [-0.15, -0.1) is 0 Å². The van der Waals surface area contributed by atoms with Gasteiger partial charge in [-0.05, 0) is 31.5 Å². The minimum atomic E-state index is -1.01. The number of carboxylic acids is 1. The fourth-order valence-corrected chi connectivity index (χ4v) is 2.86. The van der Waals surface area contributed by atoms with Crippen LogP contribution in [0.3, 0.4) is 0 Å². The van der Waals surface area contributed by atoms with E-state index in [1.54, 1.807) is 22.6 Å². The highest BCUT2D eigenvalue weighted by Gasteiger charge is 2.24. The first-order chi connectivity index (χ1) is 9.68. The lowest BCUT2D eigenvalue weighted by atomic mass is 10.0. The van der Waals surface area contributed by atoms with Crippen molar-refractivity contribution in [1.82, 2.24) is 14.7 Å². The average Bonchev–Trinajstić information content (AvgIpc) is 2.63. The van der Waals surface area contributed by atoms with E-state index in [4.69, 9.17) is 5.73 Å². The zero-order chi connectivity index (χ0) is 14.1. The number of rotatable bonds is 2. The molecule has 0 radical (unpaired) electrons. The monoisotopic (exact) mass is 274 g/mol. The second-order valence-electron chi connectivity index (χ2n) is 5.19. The fourth-order valence-electron chi connectivity index (χ4n) is 2.86. The van der Waals surface area contributed by atoms with Gasteiger partial charge in [-0.1, -0.05) is 12.5 Å². The molecule has 6 heteroatoms. The van der Waals surface area contributed by atoms with E-state index >= 15 is 0 Å². The van der Waals surface area contributed by atoms with Crippen molar-refractivity contribution in [2.45, 2.75) is 25.2 Å². The molecule has 0 aliphatic carbocycles. The van der Waals surface area contributed by atoms with Crippen LogP contribution in [0.15, 0.2) is 18.2 Å². The number of pyridine rings is 1. The predicted molar refractivity (Wildman–Crippen MR) is 76.0 cm³/mol. The maximum Gasteiger partial charge on any atom is 0.356 e. The van der Waals surface area contributed by atoms with E-state index in [-0.39, 0.29) is 11.6 Å². The van der Waals surface area contributed by atoms with Crippen LogP contribution in [0.5, 0.6) is 0 Å². The molecule has 0 bridgehead atoms. The molecule has 2 aromatic rings. The van der Waals surface area contributed by atoms with Crippen LogP contribution in [-0.4, -0.2) is 33.6 Å². The van der Waals surface area contributed by atoms with Crippen molar-refractivity contribution in [3.63, 3.8) is 0 Å². The number of hydrogen-bond acceptors (Lipinski definition) is 4. The van der Waals surface area contributed by atoms with Crippen LogP contribution < -0.4 is 11.1 Å². The second-order valence-corrected chi connectivity index (χ2v) is 5.19. The second kappa shape index (κ2) is 5.13. The van der Waals surface area contributed by atoms with E-state index in [2.05, 4.69) is 10.3 Å². The van der Waals surface area contributed by atoms with E-state index in [0.717, 1.165) is 38.2 Å². The molecule has 0 spiro atoms. The molecule has 1 aliphatic heterocycles. The molecule has 2 aromatic heterocycles. The first kappa shape index (κ1) is 12.9. The molecule has 1 aliphatic rings. The summed E-state index contributed by atoms with van der Waals surface area (Å²) in [4.78, 5) is 15.7. The Bertz CT molecular complexity index is 642. The predicted octanol–water partition coefficient (Wildman–Crippen LogP) is 1.47. The summed E-state index contributed by atoms with van der Waals surface area (Å²) >= 11 is 0. The van der Waals surface area contributed by atoms with Crippen LogP contribution in [0.25, 0.3) is 5.52 Å². The molecule has 6 nitrogen and oxygen atoms in total. The number of anilines is 1. The molecule has 106 valence electrons. The molecule has 1 unspecified atom stereocenters. The molecule has 3 heterocycles. The Hall–Kier alpha value is -2.08. The highest BCUT2D eigenvalue weighted by atomic mass is 16.4. The van der Waals surface area contributed by atoms with E-state index in [1.165, 1.54) is 0 Å². The standard InChI is InChI=1S/C14H18N4O2/c15-11-6-3-5-10-12(14(19)20)17-13(18(10)11)9-4-1-2-7-16-8-9/h3,5-6,9,16H,1-2,4,7-8,15H2,(H,19,20). The number of fused-ring (bicyclic) bond motifs is 1. The third-order valence-corrected chi connectivity index (χ3v) is 3.83. The number of aromatic nitrogens is 2. The molecule has 1 fully saturated rings. The molecule has 1 atom stereocenters. The van der Waals surface area contributed by atoms with Gasteiger partial charge in [-0.2, -0.15) is 0 Å². The van der Waals surface area contributed by atoms with Crippen LogP contribution in [-0.2, 0) is 0 Å². The summed E-state index contributed by atoms with van der Waals surface area (Å²) in [6, 6.07) is 5.28. The third kappa shape index (κ3) is 2.12. The van der Waals surface area contributed by atoms with Crippen LogP contribution in [0.1, 0.15) is 41.5 Å². The summed E-state index contributed by atoms with van der Waals surface area (Å²) in [6.07, 6.45) is 3.25. The maximum absolute atomic E-state index is 11.4. The molecule has 1 saturated heterocycles. The highest BCUT2D eigenvalue weighted by Crippen LogP contribution is 2.27. The number of imidazole rings is 1. The molecule has 0 saturated carbocycles. The molecular formula is C14H18N4O2. The Kier molecular flexibility index (Phi) is 3.31. The van der Waals surface area contributed by atoms with Gasteiger partial charge in [0.2, 0.25) is 0 Å². The van der Waals surface area contributed by atoms with E-state index in [9.17, 15) is 9.90 Å². The highest BCUT2D eigenvalue weighted by molar-refractivity contribution is 5.94. The Labute approximate surface area is 116 Å². The summed E-state index contributed by atoms with van der Waals surface area (Å²) in [5, 5.41) is 12.7. The van der Waals surface area contributed by atoms with Crippen molar-refractivity contribution >= 4 is 17.3 Å². The Balaban J connectivity index is 2.16. The minimum absolute atomic E-state index is 0.0801. The number of carboxylic acid groups (broad SMARTS) is 1. The van der Waals surface area contributed by atoms with Crippen molar-refractivity contribution < 1.29 is 9.90 Å². The van der Waals surface area contributed by atoms with Crippen LogP contribution in [0, 0.1) is 0 Å². The summed E-state index contributed by atoms with van der Waals surface area (Å²) < 4.78 is 1.78. The average molecular weight is 274 g/mol. The lowest BCUT2D eigenvalue weighted by Crippen LogP contribution is -2.21. The number of nitrogen functional groups attached to an aromatic ring is 1. The Morgan fingerprint density at radius 2 is 2.30 bits per heavy atom. The van der Waals surface area contributed by atoms with E-state index in [1.807, 2.05) is 0 Å². The van der Waals surface area contributed by atoms with Gasteiger partial charge in [-0.25, -0.2) is 9.78 Å². The van der Waals surface area contributed by atoms with E-state index in [0.29, 0.717) is 11.3 Å². The number of hydrogen-bond donors (Lipinski definition) is 3. The zero-order valence-corrected chi connectivity index (χ0v) is 11.2. The van der Waals surface area contributed by atoms with Crippen LogP contribution in [0.2, 0.25) is 0 Å². The fraction of sp³-hybridized carbons (Fsp3) is 0.429. The van der Waals surface area contributed by atoms with Gasteiger partial charge in [0.1, 0.15) is 11.6 Å². The van der Waals surface area contributed by atoms with Gasteiger partial charge in [0, 0.05) is 12.5 Å². The SMILES string of the molecule is Nc1cccc2c(C(=O)O)nc(C3CCCCNC3)n12. The number of nitrogens with one attached hydrogen (secondary N) is 1. The minimum Gasteiger partial charge on any atom is -0.476 e. The van der Waals surface area contributed by atoms with Gasteiger partial charge in [0.05, 0.1) is 5.52 Å². The normalized spacial score (nSPS) is 19.9. The third-order valence-electron chi connectivity index (χ3n) is 3.83. The number of aromatic carboxylic acids is 1. The topological polar surface area (TPSA) is 92.7 Å². The number of nitrogens with zero attached hydrogens (tertiary/aromatic N) is 2. The van der Waals surface area contributed by atoms with Crippen LogP contribution >= 0.6 is 0 Å². The van der Waals surface area contributed by atoms with Crippen molar-refractivity contribution in [2.24, 2.45) is 0 Å². The number of nitrogens with two attached hydrogens (primary N) is 1. The molecule has 3 rings (SSSR count). The first-order valence-corrected chi connectivity index (χ1v) is 6.89. The van der Waals surface area contributed by atoms with E-state index < -0.39 is 5.97 Å². The summed E-state index contributed by atoms with van der Waals surface area (Å²) in [7, 11) is 0. The molecule has 4 N–H and O–H groups in total. The van der Waals surface area contributed by atoms with Crippen molar-refractivity contribution in [3.8, 4) is 0 Å². The van der Waals surface area contributed by atoms with Gasteiger partial charge >= 0.3 is 5.97 Å². The van der Waals surface area contributed by atoms with Gasteiger partial charge in [0.25, 0.3) is 0 Å². The molecule has 0 amide bonds. The Morgan fingerprint density at radius 3 is 3.10 bits per heavy atom. The summed E-state index contributed by atoms with van der Waals surface area (Å²) in [5.41, 5.74) is 6.67. The van der Waals surface area contributed by atoms with Crippen LogP contribution in [0.4, 0.5) is 5.82 Å². The molecule has 20 heavy (non-hydrogen) atoms. The first-order valence-electron chi connectivity index (χ1n) is 6.89. The summed E-state index contributed by atoms with van der Waals surface area (Å²) in [5.74, 6) is 0.468. The number of carbonyl (C=O) groups is 1. The largest absolute Gasteiger partial charge is 0.476 e. The quantitative estimate of drug-likeness (QED) is 0.771. The van der Waals surface area contributed by atoms with Gasteiger partial charge < -0.3 is 16.2 Å². The van der Waals surface area contributed by atoms with Crippen molar-refractivity contribution in [3.05, 3.63) is 29.7 Å². The van der Waals surface area contributed by atoms with Gasteiger partial charge in [-0.3, -0.25) is 4.40 Å². The maximum atomic E-state index is 11.4. The van der Waals surface area contributed by atoms with Crippen molar-refractivity contribution in [2.75, 3.05) is 18.8 Å². The van der Waals surface area contributed by atoms with Gasteiger partial charge in [0.15, 0.2) is 5.69 Å². The lowest BCUT2D eigenvalue weighted by Gasteiger charge is -2.14.